The van der Waals surface area contributed by atoms with E-state index in [2.05, 4.69) is 15.3 Å². The van der Waals surface area contributed by atoms with Crippen LogP contribution in [0.15, 0.2) is 42.6 Å². The van der Waals surface area contributed by atoms with Crippen LogP contribution in [0.5, 0.6) is 5.75 Å². The van der Waals surface area contributed by atoms with Crippen molar-refractivity contribution < 1.29 is 14.6 Å². The topological polar surface area (TPSA) is 87.6 Å². The summed E-state index contributed by atoms with van der Waals surface area (Å²) >= 11 is 6.10. The van der Waals surface area contributed by atoms with Crippen molar-refractivity contribution in [1.82, 2.24) is 14.9 Å². The van der Waals surface area contributed by atoms with Crippen molar-refractivity contribution in [1.29, 1.82) is 0 Å². The lowest BCUT2D eigenvalue weighted by atomic mass is 10.1. The van der Waals surface area contributed by atoms with E-state index in [1.165, 1.54) is 6.07 Å². The molecule has 0 bridgehead atoms. The molecule has 2 aromatic carbocycles. The minimum Gasteiger partial charge on any atom is -0.506 e. The standard InChI is InChI=1S/C19H17ClN4O3/c20-15-5-6-16(25)17-14(15)11-21-19(23-17)22-13-3-1-12(2-4-13)18(26)24-7-9-27-10-8-24/h1-6,11,25H,7-10H2,(H,21,22,23). The Morgan fingerprint density at radius 1 is 1.15 bits per heavy atom. The highest BCUT2D eigenvalue weighted by molar-refractivity contribution is 6.35. The zero-order chi connectivity index (χ0) is 18.8. The molecular weight excluding hydrogens is 368 g/mol. The largest absolute Gasteiger partial charge is 0.506 e. The number of aromatic hydroxyl groups is 1. The van der Waals surface area contributed by atoms with Gasteiger partial charge in [-0.1, -0.05) is 11.6 Å². The normalized spacial score (nSPS) is 14.3. The third kappa shape index (κ3) is 3.65. The van der Waals surface area contributed by atoms with Gasteiger partial charge in [-0.05, 0) is 36.4 Å². The number of carbonyl (C=O) groups is 1. The van der Waals surface area contributed by atoms with E-state index < -0.39 is 0 Å². The van der Waals surface area contributed by atoms with Crippen LogP contribution in [0.4, 0.5) is 11.6 Å². The highest BCUT2D eigenvalue weighted by Gasteiger charge is 2.18. The zero-order valence-electron chi connectivity index (χ0n) is 14.4. The molecule has 0 saturated carbocycles. The Morgan fingerprint density at radius 3 is 2.63 bits per heavy atom. The second-order valence-electron chi connectivity index (χ2n) is 6.13. The first-order chi connectivity index (χ1) is 13.1. The molecule has 1 amide bonds. The Labute approximate surface area is 160 Å². The molecule has 8 heteroatoms. The van der Waals surface area contributed by atoms with Gasteiger partial charge in [0.05, 0.1) is 18.2 Å². The van der Waals surface area contributed by atoms with Crippen LogP contribution in [0.25, 0.3) is 10.9 Å². The molecule has 27 heavy (non-hydrogen) atoms. The fraction of sp³-hybridized carbons (Fsp3) is 0.211. The SMILES string of the molecule is O=C(c1ccc(Nc2ncc3c(Cl)ccc(O)c3n2)cc1)N1CCOCC1. The monoisotopic (exact) mass is 384 g/mol. The Hall–Kier alpha value is -2.90. The van der Waals surface area contributed by atoms with E-state index in [9.17, 15) is 9.90 Å². The van der Waals surface area contributed by atoms with E-state index in [-0.39, 0.29) is 11.7 Å². The van der Waals surface area contributed by atoms with Crippen molar-refractivity contribution in [2.75, 3.05) is 31.6 Å². The van der Waals surface area contributed by atoms with Crippen LogP contribution in [-0.2, 0) is 4.74 Å². The van der Waals surface area contributed by atoms with Gasteiger partial charge in [0.2, 0.25) is 5.95 Å². The number of halogens is 1. The number of morpholine rings is 1. The van der Waals surface area contributed by atoms with Gasteiger partial charge in [-0.2, -0.15) is 0 Å². The van der Waals surface area contributed by atoms with Crippen molar-refractivity contribution >= 4 is 40.0 Å². The molecule has 0 spiro atoms. The van der Waals surface area contributed by atoms with Crippen molar-refractivity contribution in [3.8, 4) is 5.75 Å². The molecule has 2 heterocycles. The summed E-state index contributed by atoms with van der Waals surface area (Å²) in [6, 6.07) is 10.2. The Balaban J connectivity index is 1.52. The second-order valence-corrected chi connectivity index (χ2v) is 6.54. The van der Waals surface area contributed by atoms with Gasteiger partial charge in [-0.3, -0.25) is 4.79 Å². The summed E-state index contributed by atoms with van der Waals surface area (Å²) in [7, 11) is 0. The van der Waals surface area contributed by atoms with Gasteiger partial charge in [-0.25, -0.2) is 9.97 Å². The minimum atomic E-state index is -0.00799. The molecular formula is C19H17ClN4O3. The molecule has 0 atom stereocenters. The van der Waals surface area contributed by atoms with Gasteiger partial charge in [0.1, 0.15) is 11.3 Å². The predicted octanol–water partition coefficient (Wildman–Crippen LogP) is 3.20. The molecule has 0 aliphatic carbocycles. The summed E-state index contributed by atoms with van der Waals surface area (Å²) in [5.74, 6) is 0.352. The highest BCUT2D eigenvalue weighted by Crippen LogP contribution is 2.29. The van der Waals surface area contributed by atoms with E-state index in [4.69, 9.17) is 16.3 Å². The van der Waals surface area contributed by atoms with Gasteiger partial charge in [0.25, 0.3) is 5.91 Å². The first kappa shape index (κ1) is 17.5. The summed E-state index contributed by atoms with van der Waals surface area (Å²) in [4.78, 5) is 22.8. The number of carbonyl (C=O) groups excluding carboxylic acids is 1. The average Bonchev–Trinajstić information content (AvgIpc) is 2.72. The lowest BCUT2D eigenvalue weighted by Gasteiger charge is -2.26. The van der Waals surface area contributed by atoms with E-state index in [0.717, 1.165) is 5.69 Å². The van der Waals surface area contributed by atoms with E-state index in [0.29, 0.717) is 53.7 Å². The van der Waals surface area contributed by atoms with Gasteiger partial charge < -0.3 is 20.1 Å². The van der Waals surface area contributed by atoms with Crippen LogP contribution in [0.1, 0.15) is 10.4 Å². The van der Waals surface area contributed by atoms with Crippen molar-refractivity contribution in [2.45, 2.75) is 0 Å². The van der Waals surface area contributed by atoms with E-state index >= 15 is 0 Å². The van der Waals surface area contributed by atoms with Gasteiger partial charge in [0, 0.05) is 35.9 Å². The first-order valence-electron chi connectivity index (χ1n) is 8.50. The molecule has 138 valence electrons. The number of amides is 1. The van der Waals surface area contributed by atoms with Crippen LogP contribution in [0, 0.1) is 0 Å². The summed E-state index contributed by atoms with van der Waals surface area (Å²) in [6.07, 6.45) is 1.56. The number of aromatic nitrogens is 2. The maximum absolute atomic E-state index is 12.5. The molecule has 1 saturated heterocycles. The molecule has 4 rings (SSSR count). The number of rotatable bonds is 3. The lowest BCUT2D eigenvalue weighted by molar-refractivity contribution is 0.0303. The van der Waals surface area contributed by atoms with Crippen LogP contribution in [0.2, 0.25) is 5.02 Å². The average molecular weight is 385 g/mol. The quantitative estimate of drug-likeness (QED) is 0.721. The number of phenolic OH excluding ortho intramolecular Hbond substituents is 1. The third-order valence-electron chi connectivity index (χ3n) is 4.36. The molecule has 1 aliphatic rings. The van der Waals surface area contributed by atoms with Crippen LogP contribution in [-0.4, -0.2) is 52.2 Å². The van der Waals surface area contributed by atoms with Crippen molar-refractivity contribution in [3.63, 3.8) is 0 Å². The molecule has 0 radical (unpaired) electrons. The molecule has 1 aromatic heterocycles. The third-order valence-corrected chi connectivity index (χ3v) is 4.69. The Kier molecular flexibility index (Phi) is 4.79. The summed E-state index contributed by atoms with van der Waals surface area (Å²) in [5.41, 5.74) is 1.72. The fourth-order valence-corrected chi connectivity index (χ4v) is 3.11. The summed E-state index contributed by atoms with van der Waals surface area (Å²) < 4.78 is 5.27. The lowest BCUT2D eigenvalue weighted by Crippen LogP contribution is -2.40. The number of benzene rings is 2. The number of nitrogens with zero attached hydrogens (tertiary/aromatic N) is 3. The molecule has 1 fully saturated rings. The molecule has 3 aromatic rings. The fourth-order valence-electron chi connectivity index (χ4n) is 2.91. The number of hydrogen-bond donors (Lipinski definition) is 2. The van der Waals surface area contributed by atoms with Crippen LogP contribution >= 0.6 is 11.6 Å². The second kappa shape index (κ2) is 7.38. The van der Waals surface area contributed by atoms with E-state index in [1.807, 2.05) is 0 Å². The number of nitrogens with one attached hydrogen (secondary N) is 1. The van der Waals surface area contributed by atoms with Crippen LogP contribution < -0.4 is 5.32 Å². The molecule has 0 unspecified atom stereocenters. The number of phenols is 1. The maximum atomic E-state index is 12.5. The number of hydrogen-bond acceptors (Lipinski definition) is 6. The van der Waals surface area contributed by atoms with Gasteiger partial charge >= 0.3 is 0 Å². The predicted molar refractivity (Wildman–Crippen MR) is 103 cm³/mol. The molecule has 2 N–H and O–H groups in total. The molecule has 1 aliphatic heterocycles. The highest BCUT2D eigenvalue weighted by atomic mass is 35.5. The summed E-state index contributed by atoms with van der Waals surface area (Å²) in [5, 5.41) is 14.1. The molecule has 7 nitrogen and oxygen atoms in total. The minimum absolute atomic E-state index is 0.00799. The van der Waals surface area contributed by atoms with E-state index in [1.54, 1.807) is 41.4 Å². The summed E-state index contributed by atoms with van der Waals surface area (Å²) in [6.45, 7) is 2.36. The van der Waals surface area contributed by atoms with Crippen molar-refractivity contribution in [2.24, 2.45) is 0 Å². The first-order valence-corrected chi connectivity index (χ1v) is 8.88. The maximum Gasteiger partial charge on any atom is 0.254 e. The number of fused-ring (bicyclic) bond motifs is 1. The van der Waals surface area contributed by atoms with Gasteiger partial charge in [-0.15, -0.1) is 0 Å². The zero-order valence-corrected chi connectivity index (χ0v) is 15.1. The van der Waals surface area contributed by atoms with Crippen LogP contribution in [0.3, 0.4) is 0 Å². The number of anilines is 2. The Bertz CT molecular complexity index is 988. The Morgan fingerprint density at radius 2 is 1.89 bits per heavy atom. The number of ether oxygens (including phenoxy) is 1. The van der Waals surface area contributed by atoms with Crippen molar-refractivity contribution in [3.05, 3.63) is 53.2 Å². The van der Waals surface area contributed by atoms with Gasteiger partial charge in [0.15, 0.2) is 0 Å². The smallest absolute Gasteiger partial charge is 0.254 e.